The molecule has 0 saturated carbocycles. The number of alkyl halides is 3. The number of nitrogens with zero attached hydrogens (tertiary/aromatic N) is 3. The van der Waals surface area contributed by atoms with Gasteiger partial charge >= 0.3 is 6.18 Å². The maximum atomic E-state index is 13.3. The van der Waals surface area contributed by atoms with Crippen LogP contribution in [0.1, 0.15) is 31.2 Å². The van der Waals surface area contributed by atoms with Crippen LogP contribution in [0.2, 0.25) is 0 Å². The Balaban J connectivity index is 1.55. The van der Waals surface area contributed by atoms with Gasteiger partial charge in [0, 0.05) is 12.1 Å². The maximum absolute atomic E-state index is 13.3. The van der Waals surface area contributed by atoms with E-state index in [4.69, 9.17) is 0 Å². The molecule has 1 aromatic heterocycles. The normalized spacial score (nSPS) is 15.0. The largest absolute Gasteiger partial charge is 0.418 e. The van der Waals surface area contributed by atoms with Gasteiger partial charge < -0.3 is 0 Å². The Bertz CT molecular complexity index is 1190. The first-order valence-corrected chi connectivity index (χ1v) is 11.3. The lowest BCUT2D eigenvalue weighted by Gasteiger charge is -2.16. The minimum atomic E-state index is -4.75. The van der Waals surface area contributed by atoms with Gasteiger partial charge in [0.05, 0.1) is 32.6 Å². The van der Waals surface area contributed by atoms with Gasteiger partial charge in [-0.2, -0.15) is 18.3 Å². The summed E-state index contributed by atoms with van der Waals surface area (Å²) in [5, 5.41) is 14.8. The molecule has 0 radical (unpaired) electrons. The van der Waals surface area contributed by atoms with Crippen molar-refractivity contribution in [2.45, 2.75) is 36.2 Å². The number of hydrogen-bond acceptors (Lipinski definition) is 7. The number of fused-ring (bicyclic) bond motifs is 1. The van der Waals surface area contributed by atoms with E-state index in [0.29, 0.717) is 6.07 Å². The van der Waals surface area contributed by atoms with E-state index in [2.05, 4.69) is 15.5 Å². The molecule has 0 amide bonds. The Morgan fingerprint density at radius 1 is 1.19 bits per heavy atom. The van der Waals surface area contributed by atoms with E-state index in [9.17, 15) is 23.3 Å². The molecule has 1 aliphatic carbocycles. The van der Waals surface area contributed by atoms with Crippen LogP contribution < -0.4 is 5.43 Å². The van der Waals surface area contributed by atoms with Gasteiger partial charge in [0.2, 0.25) is 0 Å². The van der Waals surface area contributed by atoms with Crippen molar-refractivity contribution in [3.63, 3.8) is 0 Å². The number of nitrogens with one attached hydrogen (secondary N) is 1. The first kappa shape index (κ1) is 22.3. The van der Waals surface area contributed by atoms with Crippen molar-refractivity contribution >= 4 is 50.9 Å². The first-order valence-electron chi connectivity index (χ1n) is 9.71. The second-order valence-corrected chi connectivity index (χ2v) is 9.43. The van der Waals surface area contributed by atoms with Crippen LogP contribution in [0, 0.1) is 10.1 Å². The van der Waals surface area contributed by atoms with Crippen molar-refractivity contribution in [3.05, 3.63) is 68.6 Å². The Hall–Kier alpha value is -2.92. The number of aromatic nitrogens is 1. The molecule has 6 nitrogen and oxygen atoms in total. The van der Waals surface area contributed by atoms with Gasteiger partial charge in [-0.05, 0) is 54.4 Å². The van der Waals surface area contributed by atoms with Crippen molar-refractivity contribution in [2.75, 3.05) is 5.43 Å². The number of nitro benzene ring substituents is 1. The van der Waals surface area contributed by atoms with Gasteiger partial charge in [-0.15, -0.1) is 11.3 Å². The zero-order chi connectivity index (χ0) is 22.7. The predicted molar refractivity (Wildman–Crippen MR) is 121 cm³/mol. The molecule has 0 aliphatic heterocycles. The smallest absolute Gasteiger partial charge is 0.278 e. The molecule has 1 aliphatic rings. The fourth-order valence-corrected chi connectivity index (χ4v) is 5.63. The van der Waals surface area contributed by atoms with Crippen molar-refractivity contribution in [1.29, 1.82) is 0 Å². The highest BCUT2D eigenvalue weighted by Crippen LogP contribution is 2.40. The van der Waals surface area contributed by atoms with Crippen molar-refractivity contribution in [2.24, 2.45) is 5.10 Å². The topological polar surface area (TPSA) is 80.4 Å². The standard InChI is InChI=1S/C21H17F3N4O2S2/c22-21(23,24)15-11-14(28(29)30)9-10-16(15)27-25-12-13-5-1-3-7-18(13)31-20-26-17-6-2-4-8-19(17)32-20/h2,4,6,8-12,27H,1,3,5,7H2. The summed E-state index contributed by atoms with van der Waals surface area (Å²) in [6.45, 7) is 0. The average molecular weight is 479 g/mol. The number of allylic oxidation sites excluding steroid dienone is 2. The van der Waals surface area contributed by atoms with E-state index in [-0.39, 0.29) is 5.69 Å². The highest BCUT2D eigenvalue weighted by atomic mass is 32.2. The molecular formula is C21H17F3N4O2S2. The van der Waals surface area contributed by atoms with E-state index < -0.39 is 22.4 Å². The lowest BCUT2D eigenvalue weighted by Crippen LogP contribution is -2.09. The zero-order valence-corrected chi connectivity index (χ0v) is 18.2. The second kappa shape index (κ2) is 9.29. The van der Waals surface area contributed by atoms with Gasteiger partial charge in [-0.1, -0.05) is 23.9 Å². The zero-order valence-electron chi connectivity index (χ0n) is 16.6. The third-order valence-electron chi connectivity index (χ3n) is 4.87. The molecular weight excluding hydrogens is 461 g/mol. The monoisotopic (exact) mass is 478 g/mol. The van der Waals surface area contributed by atoms with E-state index >= 15 is 0 Å². The number of thioether (sulfide) groups is 1. The van der Waals surface area contributed by atoms with Crippen LogP contribution in [0.5, 0.6) is 0 Å². The van der Waals surface area contributed by atoms with Crippen LogP contribution in [-0.4, -0.2) is 16.1 Å². The number of non-ortho nitro benzene ring substituents is 1. The van der Waals surface area contributed by atoms with E-state index in [1.807, 2.05) is 24.3 Å². The molecule has 0 spiro atoms. The van der Waals surface area contributed by atoms with Crippen LogP contribution >= 0.6 is 23.1 Å². The van der Waals surface area contributed by atoms with E-state index in [1.165, 1.54) is 6.21 Å². The molecule has 1 heterocycles. The summed E-state index contributed by atoms with van der Waals surface area (Å²) in [5.74, 6) is 0. The van der Waals surface area contributed by atoms with Crippen LogP contribution in [0.4, 0.5) is 24.5 Å². The molecule has 166 valence electrons. The molecule has 3 aromatic rings. The summed E-state index contributed by atoms with van der Waals surface area (Å²) in [7, 11) is 0. The molecule has 1 N–H and O–H groups in total. The van der Waals surface area contributed by atoms with Gasteiger partial charge in [-0.25, -0.2) is 4.98 Å². The highest BCUT2D eigenvalue weighted by Gasteiger charge is 2.35. The lowest BCUT2D eigenvalue weighted by atomic mass is 10.0. The fourth-order valence-electron chi connectivity index (χ4n) is 3.31. The molecule has 0 bridgehead atoms. The summed E-state index contributed by atoms with van der Waals surface area (Å²) in [6, 6.07) is 10.4. The van der Waals surface area contributed by atoms with Crippen LogP contribution in [0.15, 0.2) is 62.4 Å². The molecule has 0 fully saturated rings. The van der Waals surface area contributed by atoms with E-state index in [0.717, 1.165) is 62.9 Å². The van der Waals surface area contributed by atoms with Crippen molar-refractivity contribution in [3.8, 4) is 0 Å². The molecule has 32 heavy (non-hydrogen) atoms. The number of anilines is 1. The highest BCUT2D eigenvalue weighted by molar-refractivity contribution is 8.04. The lowest BCUT2D eigenvalue weighted by molar-refractivity contribution is -0.385. The number of thiazole rings is 1. The van der Waals surface area contributed by atoms with Gasteiger partial charge in [-0.3, -0.25) is 15.5 Å². The molecule has 2 aromatic carbocycles. The first-order chi connectivity index (χ1) is 15.3. The van der Waals surface area contributed by atoms with Crippen molar-refractivity contribution < 1.29 is 18.1 Å². The third kappa shape index (κ3) is 5.10. The second-order valence-electron chi connectivity index (χ2n) is 7.06. The Kier molecular flexibility index (Phi) is 6.47. The predicted octanol–water partition coefficient (Wildman–Crippen LogP) is 7.24. The van der Waals surface area contributed by atoms with E-state index in [1.54, 1.807) is 23.1 Å². The third-order valence-corrected chi connectivity index (χ3v) is 7.18. The number of para-hydroxylation sites is 1. The summed E-state index contributed by atoms with van der Waals surface area (Å²) in [5.41, 5.74) is 2.19. The van der Waals surface area contributed by atoms with Crippen LogP contribution in [-0.2, 0) is 6.18 Å². The van der Waals surface area contributed by atoms with Crippen LogP contribution in [0.3, 0.4) is 0 Å². The average Bonchev–Trinajstić information content (AvgIpc) is 3.16. The number of benzene rings is 2. The Labute approximate surface area is 189 Å². The number of halogens is 3. The molecule has 0 atom stereocenters. The quantitative estimate of drug-likeness (QED) is 0.229. The Morgan fingerprint density at radius 2 is 1.97 bits per heavy atom. The molecule has 11 heteroatoms. The van der Waals surface area contributed by atoms with Crippen molar-refractivity contribution in [1.82, 2.24) is 4.98 Å². The minimum Gasteiger partial charge on any atom is -0.278 e. The van der Waals surface area contributed by atoms with Crippen LogP contribution in [0.25, 0.3) is 10.2 Å². The molecule has 4 rings (SSSR count). The summed E-state index contributed by atoms with van der Waals surface area (Å²) >= 11 is 3.17. The maximum Gasteiger partial charge on any atom is 0.418 e. The minimum absolute atomic E-state index is 0.337. The summed E-state index contributed by atoms with van der Waals surface area (Å²) in [4.78, 5) is 15.7. The number of rotatable bonds is 6. The van der Waals surface area contributed by atoms with Gasteiger partial charge in [0.15, 0.2) is 4.34 Å². The fraction of sp³-hybridized carbons (Fsp3) is 0.238. The van der Waals surface area contributed by atoms with Gasteiger partial charge in [0.1, 0.15) is 0 Å². The number of hydrogen-bond donors (Lipinski definition) is 1. The number of nitro groups is 1. The molecule has 0 unspecified atom stereocenters. The number of hydrazone groups is 1. The summed E-state index contributed by atoms with van der Waals surface area (Å²) in [6.07, 6.45) is 0.408. The SMILES string of the molecule is O=[N+]([O-])c1ccc(NN=CC2=C(Sc3nc4ccccc4s3)CCCC2)c(C(F)(F)F)c1. The molecule has 0 saturated heterocycles. The summed E-state index contributed by atoms with van der Waals surface area (Å²) < 4.78 is 42.0. The Morgan fingerprint density at radius 3 is 2.72 bits per heavy atom. The van der Waals surface area contributed by atoms with Gasteiger partial charge in [0.25, 0.3) is 5.69 Å².